The van der Waals surface area contributed by atoms with Gasteiger partial charge in [-0.15, -0.1) is 0 Å². The topological polar surface area (TPSA) is 89.6 Å². The van der Waals surface area contributed by atoms with Crippen molar-refractivity contribution < 1.29 is 32.6 Å². The molecular formula is C6H10F3NO4. The van der Waals surface area contributed by atoms with E-state index in [1.165, 1.54) is 0 Å². The normalized spacial score (nSPS) is 9.79. The molecule has 5 nitrogen and oxygen atoms in total. The zero-order chi connectivity index (χ0) is 11.8. The van der Waals surface area contributed by atoms with Gasteiger partial charge in [-0.05, 0) is 6.92 Å². The Kier molecular flexibility index (Phi) is 7.73. The quantitative estimate of drug-likeness (QED) is 0.642. The number of carbonyl (C=O) groups excluding carboxylic acids is 1. The van der Waals surface area contributed by atoms with E-state index in [0.29, 0.717) is 6.61 Å². The lowest BCUT2D eigenvalue weighted by atomic mass is 10.7. The van der Waals surface area contributed by atoms with Crippen LogP contribution in [0, 0.1) is 0 Å². The van der Waals surface area contributed by atoms with Gasteiger partial charge in [-0.3, -0.25) is 4.79 Å². The molecule has 0 atom stereocenters. The lowest BCUT2D eigenvalue weighted by Gasteiger charge is -1.93. The van der Waals surface area contributed by atoms with Crippen LogP contribution in [0.3, 0.4) is 0 Å². The summed E-state index contributed by atoms with van der Waals surface area (Å²) in [5, 5.41) is 7.12. The standard InChI is InChI=1S/C4H9NO2.C2HF3O2/c1-2-7-4(6)3-5;3-2(4,5)1(6)7/h2-3,5H2,1H3;(H,6,7). The van der Waals surface area contributed by atoms with Crippen LogP contribution in [0.2, 0.25) is 0 Å². The maximum Gasteiger partial charge on any atom is 0.490 e. The first kappa shape index (κ1) is 15.2. The van der Waals surface area contributed by atoms with Gasteiger partial charge in [-0.2, -0.15) is 13.2 Å². The Bertz CT molecular complexity index is 192. The Balaban J connectivity index is 0. The van der Waals surface area contributed by atoms with Crippen LogP contribution in [0.15, 0.2) is 0 Å². The van der Waals surface area contributed by atoms with Crippen LogP contribution in [0.4, 0.5) is 13.2 Å². The molecule has 0 aliphatic carbocycles. The van der Waals surface area contributed by atoms with Gasteiger partial charge in [-0.25, -0.2) is 4.79 Å². The maximum absolute atomic E-state index is 10.6. The Morgan fingerprint density at radius 2 is 1.79 bits per heavy atom. The molecule has 0 radical (unpaired) electrons. The predicted molar refractivity (Wildman–Crippen MR) is 39.4 cm³/mol. The van der Waals surface area contributed by atoms with Crippen molar-refractivity contribution in [3.05, 3.63) is 0 Å². The van der Waals surface area contributed by atoms with Crippen molar-refractivity contribution in [2.75, 3.05) is 13.2 Å². The van der Waals surface area contributed by atoms with Crippen molar-refractivity contribution in [2.24, 2.45) is 5.73 Å². The molecule has 0 unspecified atom stereocenters. The predicted octanol–water partition coefficient (Wildman–Crippen LogP) is 0.142. The number of carbonyl (C=O) groups is 2. The number of halogens is 3. The third kappa shape index (κ3) is 10.7. The zero-order valence-electron chi connectivity index (χ0n) is 7.30. The van der Waals surface area contributed by atoms with Crippen LogP contribution in [0.25, 0.3) is 0 Å². The van der Waals surface area contributed by atoms with E-state index in [2.05, 4.69) is 4.74 Å². The molecule has 0 aliphatic rings. The molecule has 3 N–H and O–H groups in total. The Morgan fingerprint density at radius 3 is 1.86 bits per heavy atom. The van der Waals surface area contributed by atoms with Crippen molar-refractivity contribution in [1.82, 2.24) is 0 Å². The molecule has 0 saturated carbocycles. The number of carboxylic acid groups (broad SMARTS) is 1. The summed E-state index contributed by atoms with van der Waals surface area (Å²) in [6.07, 6.45) is -5.08. The second-order valence-corrected chi connectivity index (χ2v) is 1.81. The second kappa shape index (κ2) is 7.13. The molecule has 0 aromatic heterocycles. The van der Waals surface area contributed by atoms with E-state index in [1.807, 2.05) is 0 Å². The largest absolute Gasteiger partial charge is 0.490 e. The van der Waals surface area contributed by atoms with Gasteiger partial charge in [0.05, 0.1) is 13.2 Å². The first-order valence-electron chi connectivity index (χ1n) is 3.41. The summed E-state index contributed by atoms with van der Waals surface area (Å²) in [6.45, 7) is 2.14. The Morgan fingerprint density at radius 1 is 1.43 bits per heavy atom. The van der Waals surface area contributed by atoms with Gasteiger partial charge in [0.2, 0.25) is 0 Å². The summed E-state index contributed by atoms with van der Waals surface area (Å²) < 4.78 is 36.2. The van der Waals surface area contributed by atoms with E-state index < -0.39 is 12.1 Å². The van der Waals surface area contributed by atoms with E-state index in [9.17, 15) is 18.0 Å². The van der Waals surface area contributed by atoms with Crippen molar-refractivity contribution in [2.45, 2.75) is 13.1 Å². The molecule has 0 saturated heterocycles. The highest BCUT2D eigenvalue weighted by molar-refractivity contribution is 5.73. The summed E-state index contributed by atoms with van der Waals surface area (Å²) in [4.78, 5) is 19.0. The van der Waals surface area contributed by atoms with Crippen LogP contribution >= 0.6 is 0 Å². The van der Waals surface area contributed by atoms with Crippen molar-refractivity contribution in [3.8, 4) is 0 Å². The number of aliphatic carboxylic acids is 1. The molecule has 8 heteroatoms. The minimum Gasteiger partial charge on any atom is -0.475 e. The van der Waals surface area contributed by atoms with Gasteiger partial charge in [0.25, 0.3) is 0 Å². The van der Waals surface area contributed by atoms with Gasteiger partial charge in [-0.1, -0.05) is 0 Å². The summed E-state index contributed by atoms with van der Waals surface area (Å²) in [5.74, 6) is -3.10. The fraction of sp³-hybridized carbons (Fsp3) is 0.667. The zero-order valence-corrected chi connectivity index (χ0v) is 7.30. The minimum absolute atomic E-state index is 0.0200. The number of esters is 1. The van der Waals surface area contributed by atoms with Gasteiger partial charge in [0, 0.05) is 0 Å². The number of carboxylic acids is 1. The molecule has 0 spiro atoms. The first-order valence-corrected chi connectivity index (χ1v) is 3.41. The Labute approximate surface area is 77.6 Å². The molecule has 0 aliphatic heterocycles. The van der Waals surface area contributed by atoms with Gasteiger partial charge < -0.3 is 15.6 Å². The average Bonchev–Trinajstić information content (AvgIpc) is 2.04. The third-order valence-electron chi connectivity index (χ3n) is 0.714. The van der Waals surface area contributed by atoms with Crippen LogP contribution < -0.4 is 5.73 Å². The number of rotatable bonds is 2. The highest BCUT2D eigenvalue weighted by Gasteiger charge is 2.38. The van der Waals surface area contributed by atoms with E-state index in [0.717, 1.165) is 0 Å². The number of alkyl halides is 3. The SMILES string of the molecule is CCOC(=O)CN.O=C(O)C(F)(F)F. The molecule has 0 fully saturated rings. The fourth-order valence-electron chi connectivity index (χ4n) is 0.220. The van der Waals surface area contributed by atoms with Crippen molar-refractivity contribution in [1.29, 1.82) is 0 Å². The molecule has 0 amide bonds. The molecule has 0 rings (SSSR count). The first-order chi connectivity index (χ1) is 6.25. The van der Waals surface area contributed by atoms with Gasteiger partial charge in [0.1, 0.15) is 0 Å². The molecule has 84 valence electrons. The molecule has 0 heterocycles. The molecule has 14 heavy (non-hydrogen) atoms. The Hall–Kier alpha value is -1.31. The maximum atomic E-state index is 10.6. The highest BCUT2D eigenvalue weighted by atomic mass is 19.4. The minimum atomic E-state index is -5.08. The summed E-state index contributed by atoms with van der Waals surface area (Å²) in [7, 11) is 0. The lowest BCUT2D eigenvalue weighted by molar-refractivity contribution is -0.192. The third-order valence-corrected chi connectivity index (χ3v) is 0.714. The highest BCUT2D eigenvalue weighted by Crippen LogP contribution is 2.13. The summed E-state index contributed by atoms with van der Waals surface area (Å²) >= 11 is 0. The van der Waals surface area contributed by atoms with Crippen LogP contribution in [-0.2, 0) is 14.3 Å². The molecule has 0 aromatic rings. The smallest absolute Gasteiger partial charge is 0.475 e. The van der Waals surface area contributed by atoms with Crippen molar-refractivity contribution >= 4 is 11.9 Å². The second-order valence-electron chi connectivity index (χ2n) is 1.81. The number of ether oxygens (including phenoxy) is 1. The molecule has 0 bridgehead atoms. The number of hydrogen-bond acceptors (Lipinski definition) is 4. The van der Waals surface area contributed by atoms with E-state index in [1.54, 1.807) is 6.92 Å². The van der Waals surface area contributed by atoms with Crippen LogP contribution in [0.5, 0.6) is 0 Å². The fourth-order valence-corrected chi connectivity index (χ4v) is 0.220. The lowest BCUT2D eigenvalue weighted by Crippen LogP contribution is -2.21. The monoisotopic (exact) mass is 217 g/mol. The molecular weight excluding hydrogens is 207 g/mol. The summed E-state index contributed by atoms with van der Waals surface area (Å²) in [6, 6.07) is 0. The van der Waals surface area contributed by atoms with Gasteiger partial charge >= 0.3 is 18.1 Å². The van der Waals surface area contributed by atoms with Crippen molar-refractivity contribution in [3.63, 3.8) is 0 Å². The number of nitrogens with two attached hydrogens (primary N) is 1. The van der Waals surface area contributed by atoms with E-state index in [4.69, 9.17) is 15.6 Å². The van der Waals surface area contributed by atoms with E-state index >= 15 is 0 Å². The summed E-state index contributed by atoms with van der Waals surface area (Å²) in [5.41, 5.74) is 4.88. The van der Waals surface area contributed by atoms with Gasteiger partial charge in [0.15, 0.2) is 0 Å². The van der Waals surface area contributed by atoms with E-state index in [-0.39, 0.29) is 12.5 Å². The van der Waals surface area contributed by atoms with Crippen LogP contribution in [-0.4, -0.2) is 36.4 Å². The average molecular weight is 217 g/mol. The number of hydrogen-bond donors (Lipinski definition) is 2. The molecule has 0 aromatic carbocycles. The van der Waals surface area contributed by atoms with Crippen LogP contribution in [0.1, 0.15) is 6.92 Å².